The zero-order valence-corrected chi connectivity index (χ0v) is 19.2. The van der Waals surface area contributed by atoms with Crippen LogP contribution in [0.4, 0.5) is 8.78 Å². The summed E-state index contributed by atoms with van der Waals surface area (Å²) in [6.07, 6.45) is 6.11. The van der Waals surface area contributed by atoms with Crippen LogP contribution in [-0.2, 0) is 6.42 Å². The maximum atomic E-state index is 15.1. The van der Waals surface area contributed by atoms with Crippen molar-refractivity contribution in [3.63, 3.8) is 0 Å². The van der Waals surface area contributed by atoms with Crippen LogP contribution in [0.5, 0.6) is 0 Å². The Bertz CT molecular complexity index is 1420. The lowest BCUT2D eigenvalue weighted by molar-refractivity contribution is 0.623. The first-order valence-electron chi connectivity index (χ1n) is 11.6. The third-order valence-corrected chi connectivity index (χ3v) is 5.99. The van der Waals surface area contributed by atoms with E-state index in [0.29, 0.717) is 10.9 Å². The van der Waals surface area contributed by atoms with Crippen LogP contribution >= 0.6 is 0 Å². The van der Waals surface area contributed by atoms with Crippen molar-refractivity contribution in [3.05, 3.63) is 107 Å². The SMILES string of the molecule is CCCCCCc1ccc(-c2ccc3c(F)c(C#Cc4ccc(C#N)c(F)c4)ccc3c2)cc1. The van der Waals surface area contributed by atoms with Crippen molar-refractivity contribution >= 4 is 10.8 Å². The predicted octanol–water partition coefficient (Wildman–Crippen LogP) is 8.18. The van der Waals surface area contributed by atoms with Gasteiger partial charge < -0.3 is 0 Å². The minimum atomic E-state index is -0.634. The van der Waals surface area contributed by atoms with E-state index in [4.69, 9.17) is 5.26 Å². The minimum absolute atomic E-state index is 0.0418. The van der Waals surface area contributed by atoms with E-state index in [-0.39, 0.29) is 11.1 Å². The average Bonchev–Trinajstić information content (AvgIpc) is 2.86. The number of aryl methyl sites for hydroxylation is 1. The largest absolute Gasteiger partial charge is 0.206 e. The van der Waals surface area contributed by atoms with E-state index < -0.39 is 11.6 Å². The minimum Gasteiger partial charge on any atom is -0.206 e. The molecule has 0 atom stereocenters. The number of rotatable bonds is 6. The molecule has 4 aromatic carbocycles. The Morgan fingerprint density at radius 2 is 1.50 bits per heavy atom. The Hall–Kier alpha value is -3.95. The summed E-state index contributed by atoms with van der Waals surface area (Å²) < 4.78 is 28.9. The topological polar surface area (TPSA) is 23.8 Å². The van der Waals surface area contributed by atoms with Crippen LogP contribution in [0.25, 0.3) is 21.9 Å². The van der Waals surface area contributed by atoms with Crippen LogP contribution in [0.15, 0.2) is 72.8 Å². The van der Waals surface area contributed by atoms with Crippen LogP contribution in [0.3, 0.4) is 0 Å². The van der Waals surface area contributed by atoms with E-state index in [0.717, 1.165) is 22.9 Å². The zero-order chi connectivity index (χ0) is 23.9. The number of halogens is 2. The molecule has 0 aliphatic rings. The fourth-order valence-corrected chi connectivity index (χ4v) is 4.01. The van der Waals surface area contributed by atoms with Crippen molar-refractivity contribution in [3.8, 4) is 29.0 Å². The molecule has 168 valence electrons. The zero-order valence-electron chi connectivity index (χ0n) is 19.2. The monoisotopic (exact) mass is 449 g/mol. The molecule has 0 spiro atoms. The first kappa shape index (κ1) is 23.2. The first-order valence-corrected chi connectivity index (χ1v) is 11.6. The molecule has 0 aliphatic heterocycles. The van der Waals surface area contributed by atoms with Gasteiger partial charge >= 0.3 is 0 Å². The van der Waals surface area contributed by atoms with Crippen molar-refractivity contribution in [2.24, 2.45) is 0 Å². The first-order chi connectivity index (χ1) is 16.6. The molecule has 0 fully saturated rings. The van der Waals surface area contributed by atoms with Crippen molar-refractivity contribution in [1.82, 2.24) is 0 Å². The number of nitrogens with zero attached hydrogens (tertiary/aromatic N) is 1. The highest BCUT2D eigenvalue weighted by Crippen LogP contribution is 2.28. The smallest absolute Gasteiger partial charge is 0.146 e. The molecule has 0 amide bonds. The second-order valence-electron chi connectivity index (χ2n) is 8.43. The van der Waals surface area contributed by atoms with E-state index >= 15 is 4.39 Å². The van der Waals surface area contributed by atoms with Gasteiger partial charge in [-0.05, 0) is 65.3 Å². The summed E-state index contributed by atoms with van der Waals surface area (Å²) in [5.74, 6) is 4.54. The lowest BCUT2D eigenvalue weighted by Gasteiger charge is -2.08. The maximum Gasteiger partial charge on any atom is 0.146 e. The Kier molecular flexibility index (Phi) is 7.36. The molecule has 0 saturated heterocycles. The highest BCUT2D eigenvalue weighted by molar-refractivity contribution is 5.89. The lowest BCUT2D eigenvalue weighted by atomic mass is 9.97. The lowest BCUT2D eigenvalue weighted by Crippen LogP contribution is -1.89. The van der Waals surface area contributed by atoms with Crippen LogP contribution in [-0.4, -0.2) is 0 Å². The van der Waals surface area contributed by atoms with Crippen molar-refractivity contribution in [2.75, 3.05) is 0 Å². The van der Waals surface area contributed by atoms with Gasteiger partial charge in [-0.25, -0.2) is 8.78 Å². The number of benzene rings is 4. The number of nitriles is 1. The van der Waals surface area contributed by atoms with Gasteiger partial charge in [-0.15, -0.1) is 0 Å². The van der Waals surface area contributed by atoms with Gasteiger partial charge in [-0.3, -0.25) is 0 Å². The number of hydrogen-bond donors (Lipinski definition) is 0. The summed E-state index contributed by atoms with van der Waals surface area (Å²) in [7, 11) is 0. The van der Waals surface area contributed by atoms with E-state index in [1.165, 1.54) is 43.4 Å². The Labute approximate surface area is 199 Å². The molecule has 3 heteroatoms. The number of hydrogen-bond acceptors (Lipinski definition) is 1. The van der Waals surface area contributed by atoms with Gasteiger partial charge in [0.2, 0.25) is 0 Å². The second kappa shape index (κ2) is 10.8. The summed E-state index contributed by atoms with van der Waals surface area (Å²) in [5, 5.41) is 10.1. The van der Waals surface area contributed by atoms with E-state index in [2.05, 4.69) is 43.0 Å². The highest BCUT2D eigenvalue weighted by Gasteiger charge is 2.08. The van der Waals surface area contributed by atoms with Crippen LogP contribution in [0.1, 0.15) is 54.9 Å². The quantitative estimate of drug-likeness (QED) is 0.215. The molecule has 0 unspecified atom stereocenters. The molecule has 0 heterocycles. The van der Waals surface area contributed by atoms with Crippen molar-refractivity contribution in [1.29, 1.82) is 5.26 Å². The molecule has 0 aromatic heterocycles. The average molecular weight is 450 g/mol. The van der Waals surface area contributed by atoms with Gasteiger partial charge in [0.05, 0.1) is 11.1 Å². The third kappa shape index (κ3) is 5.33. The fourth-order valence-electron chi connectivity index (χ4n) is 4.01. The molecule has 0 radical (unpaired) electrons. The number of unbranched alkanes of at least 4 members (excludes halogenated alkanes) is 3. The maximum absolute atomic E-state index is 15.1. The summed E-state index contributed by atoms with van der Waals surface area (Å²) >= 11 is 0. The van der Waals surface area contributed by atoms with E-state index in [1.807, 2.05) is 18.2 Å². The van der Waals surface area contributed by atoms with Gasteiger partial charge in [0, 0.05) is 10.9 Å². The van der Waals surface area contributed by atoms with Crippen molar-refractivity contribution < 1.29 is 8.78 Å². The Balaban J connectivity index is 1.54. The summed E-state index contributed by atoms with van der Waals surface area (Å²) in [6, 6.07) is 23.7. The van der Waals surface area contributed by atoms with Gasteiger partial charge in [-0.1, -0.05) is 80.5 Å². The summed E-state index contributed by atoms with van der Waals surface area (Å²) in [5.41, 5.74) is 4.08. The normalized spacial score (nSPS) is 10.5. The summed E-state index contributed by atoms with van der Waals surface area (Å²) in [6.45, 7) is 2.22. The van der Waals surface area contributed by atoms with Crippen molar-refractivity contribution in [2.45, 2.75) is 39.0 Å². The highest BCUT2D eigenvalue weighted by atomic mass is 19.1. The third-order valence-electron chi connectivity index (χ3n) is 5.99. The van der Waals surface area contributed by atoms with Gasteiger partial charge in [-0.2, -0.15) is 5.26 Å². The fraction of sp³-hybridized carbons (Fsp3) is 0.194. The molecule has 0 aliphatic carbocycles. The molecular formula is C31H25F2N. The van der Waals surface area contributed by atoms with Gasteiger partial charge in [0.15, 0.2) is 0 Å². The van der Waals surface area contributed by atoms with E-state index in [1.54, 1.807) is 24.3 Å². The van der Waals surface area contributed by atoms with Crippen LogP contribution < -0.4 is 0 Å². The second-order valence-corrected chi connectivity index (χ2v) is 8.43. The molecule has 0 saturated carbocycles. The Morgan fingerprint density at radius 3 is 2.24 bits per heavy atom. The molecule has 1 nitrogen and oxygen atoms in total. The van der Waals surface area contributed by atoms with Gasteiger partial charge in [0.1, 0.15) is 17.7 Å². The molecule has 0 N–H and O–H groups in total. The molecule has 34 heavy (non-hydrogen) atoms. The molecular weight excluding hydrogens is 424 g/mol. The Morgan fingerprint density at radius 1 is 0.735 bits per heavy atom. The predicted molar refractivity (Wildman–Crippen MR) is 134 cm³/mol. The van der Waals surface area contributed by atoms with Crippen LogP contribution in [0, 0.1) is 34.8 Å². The molecule has 0 bridgehead atoms. The summed E-state index contributed by atoms with van der Waals surface area (Å²) in [4.78, 5) is 0. The molecule has 4 aromatic rings. The van der Waals surface area contributed by atoms with Crippen LogP contribution in [0.2, 0.25) is 0 Å². The standard InChI is InChI=1S/C31H25F2N/c1-2-3-4-5-6-22-7-11-24(12-8-22)26-17-18-29-27(20-26)16-15-25(31(29)33)13-9-23-10-14-28(21-34)30(32)19-23/h7-8,10-12,14-20H,2-6H2,1H3. The molecule has 4 rings (SSSR count). The number of fused-ring (bicyclic) bond motifs is 1. The van der Waals surface area contributed by atoms with E-state index in [9.17, 15) is 4.39 Å². The van der Waals surface area contributed by atoms with Gasteiger partial charge in [0.25, 0.3) is 0 Å².